The molecule has 9 heteroatoms. The molecule has 2 aromatic carbocycles. The van der Waals surface area contributed by atoms with E-state index in [-0.39, 0.29) is 22.7 Å². The Kier molecular flexibility index (Phi) is 6.19. The SMILES string of the molecule is Nc1cc(N)c(C2CCCCC2)c(C(=O)OOC(=O)c2ccc(C(F)(F)F)cc2)c1. The molecule has 0 saturated heterocycles. The third kappa shape index (κ3) is 4.84. The smallest absolute Gasteiger partial charge is 0.399 e. The quantitative estimate of drug-likeness (QED) is 0.416. The average Bonchev–Trinajstić information content (AvgIpc) is 2.71. The maximum atomic E-state index is 12.6. The van der Waals surface area contributed by atoms with Crippen LogP contribution in [0.3, 0.4) is 0 Å². The lowest BCUT2D eigenvalue weighted by molar-refractivity contribution is -0.187. The molecule has 0 aromatic heterocycles. The predicted octanol–water partition coefficient (Wildman–Crippen LogP) is 4.85. The second-order valence-corrected chi connectivity index (χ2v) is 7.22. The molecule has 0 heterocycles. The van der Waals surface area contributed by atoms with Crippen molar-refractivity contribution in [3.8, 4) is 0 Å². The maximum Gasteiger partial charge on any atom is 0.416 e. The summed E-state index contributed by atoms with van der Waals surface area (Å²) in [5.74, 6) is -1.99. The number of nitrogens with two attached hydrogens (primary N) is 2. The molecular weight excluding hydrogens is 401 g/mol. The molecule has 0 bridgehead atoms. The molecule has 0 radical (unpaired) electrons. The van der Waals surface area contributed by atoms with Crippen LogP contribution in [0.4, 0.5) is 24.5 Å². The van der Waals surface area contributed by atoms with Gasteiger partial charge in [0.05, 0.1) is 16.7 Å². The lowest BCUT2D eigenvalue weighted by Gasteiger charge is -2.25. The van der Waals surface area contributed by atoms with Gasteiger partial charge in [0, 0.05) is 11.4 Å². The molecule has 0 atom stereocenters. The van der Waals surface area contributed by atoms with Crippen LogP contribution in [-0.4, -0.2) is 11.9 Å². The fourth-order valence-corrected chi connectivity index (χ4v) is 3.68. The molecule has 6 nitrogen and oxygen atoms in total. The van der Waals surface area contributed by atoms with Crippen LogP contribution < -0.4 is 11.5 Å². The first-order valence-corrected chi connectivity index (χ1v) is 9.46. The predicted molar refractivity (Wildman–Crippen MR) is 103 cm³/mol. The summed E-state index contributed by atoms with van der Waals surface area (Å²) in [7, 11) is 0. The Labute approximate surface area is 170 Å². The van der Waals surface area contributed by atoms with E-state index in [4.69, 9.17) is 11.5 Å². The highest BCUT2D eigenvalue weighted by Crippen LogP contribution is 2.39. The summed E-state index contributed by atoms with van der Waals surface area (Å²) >= 11 is 0. The van der Waals surface area contributed by atoms with Crippen LogP contribution in [0.25, 0.3) is 0 Å². The first-order chi connectivity index (χ1) is 14.2. The number of alkyl halides is 3. The number of anilines is 2. The zero-order valence-electron chi connectivity index (χ0n) is 16.0. The number of carbonyl (C=O) groups is 2. The first-order valence-electron chi connectivity index (χ1n) is 9.46. The van der Waals surface area contributed by atoms with Crippen molar-refractivity contribution in [1.82, 2.24) is 0 Å². The first kappa shape index (κ1) is 21.5. The van der Waals surface area contributed by atoms with Gasteiger partial charge in [-0.15, -0.1) is 0 Å². The molecule has 1 aliphatic carbocycles. The van der Waals surface area contributed by atoms with Crippen molar-refractivity contribution >= 4 is 23.3 Å². The molecule has 30 heavy (non-hydrogen) atoms. The van der Waals surface area contributed by atoms with E-state index in [0.717, 1.165) is 56.4 Å². The minimum Gasteiger partial charge on any atom is -0.399 e. The van der Waals surface area contributed by atoms with Gasteiger partial charge in [0.25, 0.3) is 0 Å². The van der Waals surface area contributed by atoms with E-state index in [1.807, 2.05) is 0 Å². The summed E-state index contributed by atoms with van der Waals surface area (Å²) in [5, 5.41) is 0. The molecule has 4 N–H and O–H groups in total. The molecule has 0 unspecified atom stereocenters. The van der Waals surface area contributed by atoms with Crippen LogP contribution in [0.5, 0.6) is 0 Å². The monoisotopic (exact) mass is 422 g/mol. The lowest BCUT2D eigenvalue weighted by Crippen LogP contribution is -2.17. The van der Waals surface area contributed by atoms with Crippen LogP contribution >= 0.6 is 0 Å². The van der Waals surface area contributed by atoms with E-state index in [2.05, 4.69) is 9.78 Å². The van der Waals surface area contributed by atoms with Crippen LogP contribution in [0.1, 0.15) is 69.9 Å². The van der Waals surface area contributed by atoms with Crippen LogP contribution in [0, 0.1) is 0 Å². The van der Waals surface area contributed by atoms with E-state index >= 15 is 0 Å². The van der Waals surface area contributed by atoms with Crippen molar-refractivity contribution in [2.45, 2.75) is 44.2 Å². The zero-order valence-corrected chi connectivity index (χ0v) is 16.0. The number of carbonyl (C=O) groups excluding carboxylic acids is 2. The van der Waals surface area contributed by atoms with Crippen molar-refractivity contribution in [3.63, 3.8) is 0 Å². The van der Waals surface area contributed by atoms with Gasteiger partial charge in [-0.25, -0.2) is 19.4 Å². The summed E-state index contributed by atoms with van der Waals surface area (Å²) in [4.78, 5) is 33.8. The normalized spacial score (nSPS) is 14.9. The van der Waals surface area contributed by atoms with E-state index in [1.165, 1.54) is 6.07 Å². The van der Waals surface area contributed by atoms with Crippen LogP contribution in [-0.2, 0) is 16.0 Å². The Balaban J connectivity index is 1.73. The highest BCUT2D eigenvalue weighted by molar-refractivity contribution is 5.95. The molecular formula is C21H21F3N2O4. The molecule has 160 valence electrons. The van der Waals surface area contributed by atoms with Gasteiger partial charge in [-0.1, -0.05) is 19.3 Å². The molecule has 3 rings (SSSR count). The molecule has 1 aliphatic rings. The third-order valence-corrected chi connectivity index (χ3v) is 5.11. The second-order valence-electron chi connectivity index (χ2n) is 7.22. The molecule has 0 aliphatic heterocycles. The summed E-state index contributed by atoms with van der Waals surface area (Å²) in [5.41, 5.74) is 12.1. The Hall–Kier alpha value is -3.23. The Morgan fingerprint density at radius 1 is 0.900 bits per heavy atom. The molecule has 1 saturated carbocycles. The van der Waals surface area contributed by atoms with Gasteiger partial charge in [0.2, 0.25) is 0 Å². The largest absolute Gasteiger partial charge is 0.416 e. The van der Waals surface area contributed by atoms with E-state index in [1.54, 1.807) is 6.07 Å². The summed E-state index contributed by atoms with van der Waals surface area (Å²) in [6.07, 6.45) is 0.310. The molecule has 1 fully saturated rings. The van der Waals surface area contributed by atoms with Gasteiger partial charge in [0.15, 0.2) is 0 Å². The highest BCUT2D eigenvalue weighted by Gasteiger charge is 2.30. The standard InChI is InChI=1S/C21H21F3N2O4/c22-21(23,24)14-8-6-13(7-9-14)19(27)29-30-20(28)16-10-15(25)11-17(26)18(16)12-4-2-1-3-5-12/h6-12H,1-5,25-26H2. The van der Waals surface area contributed by atoms with Gasteiger partial charge in [-0.3, -0.25) is 0 Å². The minimum absolute atomic E-state index is 0.0625. The van der Waals surface area contributed by atoms with Crippen molar-refractivity contribution in [1.29, 1.82) is 0 Å². The topological polar surface area (TPSA) is 105 Å². The summed E-state index contributed by atoms with van der Waals surface area (Å²) in [6, 6.07) is 6.32. The molecule has 2 aromatic rings. The number of hydrogen-bond acceptors (Lipinski definition) is 6. The van der Waals surface area contributed by atoms with Gasteiger partial charge < -0.3 is 11.5 Å². The van der Waals surface area contributed by atoms with Crippen molar-refractivity contribution in [2.75, 3.05) is 11.5 Å². The van der Waals surface area contributed by atoms with E-state index in [9.17, 15) is 22.8 Å². The number of hydrogen-bond donors (Lipinski definition) is 2. The number of nitrogen functional groups attached to an aromatic ring is 2. The summed E-state index contributed by atoms with van der Waals surface area (Å²) < 4.78 is 37.8. The van der Waals surface area contributed by atoms with Crippen molar-refractivity contribution < 1.29 is 32.5 Å². The zero-order chi connectivity index (χ0) is 21.9. The van der Waals surface area contributed by atoms with E-state index in [0.29, 0.717) is 11.3 Å². The number of benzene rings is 2. The van der Waals surface area contributed by atoms with Crippen LogP contribution in [0.15, 0.2) is 36.4 Å². The second kappa shape index (κ2) is 8.64. The Morgan fingerprint density at radius 2 is 1.50 bits per heavy atom. The Morgan fingerprint density at radius 3 is 2.10 bits per heavy atom. The fraction of sp³-hybridized carbons (Fsp3) is 0.333. The van der Waals surface area contributed by atoms with Crippen LogP contribution in [0.2, 0.25) is 0 Å². The van der Waals surface area contributed by atoms with Gasteiger partial charge in [-0.2, -0.15) is 13.2 Å². The highest BCUT2D eigenvalue weighted by atomic mass is 19.4. The Bertz CT molecular complexity index is 937. The lowest BCUT2D eigenvalue weighted by atomic mass is 9.81. The third-order valence-electron chi connectivity index (χ3n) is 5.11. The number of rotatable bonds is 3. The van der Waals surface area contributed by atoms with Gasteiger partial charge in [-0.05, 0) is 60.7 Å². The minimum atomic E-state index is -4.53. The van der Waals surface area contributed by atoms with Gasteiger partial charge in [0.1, 0.15) is 0 Å². The fourth-order valence-electron chi connectivity index (χ4n) is 3.68. The van der Waals surface area contributed by atoms with E-state index < -0.39 is 23.7 Å². The molecule has 0 amide bonds. The van der Waals surface area contributed by atoms with Gasteiger partial charge >= 0.3 is 18.1 Å². The molecule has 0 spiro atoms. The van der Waals surface area contributed by atoms with Crippen molar-refractivity contribution in [3.05, 3.63) is 58.7 Å². The maximum absolute atomic E-state index is 12.6. The summed E-state index contributed by atoms with van der Waals surface area (Å²) in [6.45, 7) is 0. The number of halogens is 3. The average molecular weight is 422 g/mol. The van der Waals surface area contributed by atoms with Crippen molar-refractivity contribution in [2.24, 2.45) is 0 Å².